The Balaban J connectivity index is 1.82. The van der Waals surface area contributed by atoms with Crippen molar-refractivity contribution in [3.05, 3.63) is 0 Å². The Hall–Kier alpha value is -0.770. The molecule has 2 aliphatic rings. The molecule has 1 saturated carbocycles. The number of carbonyl (C=O) groups is 1. The molecule has 0 aromatic rings. The number of ether oxygens (including phenoxy) is 1. The number of hydrogen-bond donors (Lipinski definition) is 1. The minimum Gasteiger partial charge on any atom is -0.444 e. The molecule has 1 atom stereocenters. The fraction of sp³-hybridized carbons (Fsp3) is 0.917. The van der Waals surface area contributed by atoms with Crippen molar-refractivity contribution in [3.63, 3.8) is 0 Å². The molecule has 1 heterocycles. The molecular weight excluding hydrogens is 204 g/mol. The van der Waals surface area contributed by atoms with Crippen LogP contribution in [0.5, 0.6) is 0 Å². The third-order valence-corrected chi connectivity index (χ3v) is 3.44. The first-order valence-corrected chi connectivity index (χ1v) is 6.03. The van der Waals surface area contributed by atoms with Gasteiger partial charge in [-0.05, 0) is 40.0 Å². The number of hydrogen-bond acceptors (Lipinski definition) is 3. The van der Waals surface area contributed by atoms with E-state index in [2.05, 4.69) is 0 Å². The maximum absolute atomic E-state index is 11.7. The largest absolute Gasteiger partial charge is 0.444 e. The number of likely N-dealkylation sites (tertiary alicyclic amines) is 1. The first kappa shape index (κ1) is 11.7. The summed E-state index contributed by atoms with van der Waals surface area (Å²) in [5.41, 5.74) is 5.83. The van der Waals surface area contributed by atoms with Gasteiger partial charge >= 0.3 is 6.09 Å². The smallest absolute Gasteiger partial charge is 0.410 e. The fourth-order valence-corrected chi connectivity index (χ4v) is 2.76. The van der Waals surface area contributed by atoms with Crippen LogP contribution in [0.4, 0.5) is 4.79 Å². The predicted octanol–water partition coefficient (Wildman–Crippen LogP) is 1.73. The van der Waals surface area contributed by atoms with E-state index >= 15 is 0 Å². The van der Waals surface area contributed by atoms with Crippen LogP contribution in [0.25, 0.3) is 0 Å². The van der Waals surface area contributed by atoms with E-state index in [1.165, 1.54) is 0 Å². The number of nitrogens with zero attached hydrogens (tertiary/aromatic N) is 1. The minimum absolute atomic E-state index is 0.182. The van der Waals surface area contributed by atoms with E-state index in [1.807, 2.05) is 20.8 Å². The van der Waals surface area contributed by atoms with Gasteiger partial charge in [-0.2, -0.15) is 0 Å². The third kappa shape index (κ3) is 2.32. The van der Waals surface area contributed by atoms with Gasteiger partial charge in [0.15, 0.2) is 0 Å². The maximum Gasteiger partial charge on any atom is 0.410 e. The quantitative estimate of drug-likeness (QED) is 0.684. The molecule has 1 spiro atoms. The normalized spacial score (nSPS) is 28.0. The van der Waals surface area contributed by atoms with Gasteiger partial charge in [0.2, 0.25) is 0 Å². The van der Waals surface area contributed by atoms with Crippen molar-refractivity contribution >= 4 is 6.09 Å². The first-order valence-electron chi connectivity index (χ1n) is 6.03. The van der Waals surface area contributed by atoms with Gasteiger partial charge in [0, 0.05) is 24.5 Å². The summed E-state index contributed by atoms with van der Waals surface area (Å²) in [7, 11) is 0. The van der Waals surface area contributed by atoms with E-state index in [1.54, 1.807) is 4.90 Å². The summed E-state index contributed by atoms with van der Waals surface area (Å²) in [6.45, 7) is 7.34. The van der Waals surface area contributed by atoms with Crippen LogP contribution in [0, 0.1) is 5.41 Å². The number of nitrogens with two attached hydrogens (primary N) is 1. The third-order valence-electron chi connectivity index (χ3n) is 3.44. The number of carbonyl (C=O) groups excluding carboxylic acids is 1. The molecule has 1 amide bonds. The highest BCUT2D eigenvalue weighted by Gasteiger charge is 2.49. The van der Waals surface area contributed by atoms with Crippen LogP contribution in [0.15, 0.2) is 0 Å². The first-order chi connectivity index (χ1) is 7.30. The molecule has 1 saturated heterocycles. The number of rotatable bonds is 0. The standard InChI is InChI=1S/C12H22N2O2/c1-11(2,3)16-10(15)14-7-12(8-14)5-4-9(13)6-12/h9H,4-8,13H2,1-3H3/t9-/m0/s1. The zero-order chi connectivity index (χ0) is 12.0. The van der Waals surface area contributed by atoms with Crippen LogP contribution in [-0.2, 0) is 4.74 Å². The summed E-state index contributed by atoms with van der Waals surface area (Å²) in [5, 5.41) is 0. The molecular formula is C12H22N2O2. The topological polar surface area (TPSA) is 55.6 Å². The van der Waals surface area contributed by atoms with E-state index in [4.69, 9.17) is 10.5 Å². The van der Waals surface area contributed by atoms with Gasteiger partial charge in [0.25, 0.3) is 0 Å². The van der Waals surface area contributed by atoms with Crippen molar-refractivity contribution in [2.75, 3.05) is 13.1 Å². The lowest BCUT2D eigenvalue weighted by Crippen LogP contribution is -2.58. The van der Waals surface area contributed by atoms with Crippen LogP contribution >= 0.6 is 0 Å². The summed E-state index contributed by atoms with van der Waals surface area (Å²) >= 11 is 0. The van der Waals surface area contributed by atoms with Gasteiger partial charge < -0.3 is 15.4 Å². The molecule has 4 nitrogen and oxygen atoms in total. The molecule has 2 fully saturated rings. The maximum atomic E-state index is 11.7. The van der Waals surface area contributed by atoms with Gasteiger partial charge in [0.1, 0.15) is 5.60 Å². The van der Waals surface area contributed by atoms with Crippen LogP contribution in [0.3, 0.4) is 0 Å². The molecule has 0 radical (unpaired) electrons. The summed E-state index contributed by atoms with van der Waals surface area (Å²) in [6.07, 6.45) is 3.14. The molecule has 0 aromatic heterocycles. The van der Waals surface area contributed by atoms with Gasteiger partial charge in [-0.25, -0.2) is 4.79 Å². The van der Waals surface area contributed by atoms with Gasteiger partial charge in [-0.3, -0.25) is 0 Å². The Morgan fingerprint density at radius 2 is 2.06 bits per heavy atom. The molecule has 4 heteroatoms. The lowest BCUT2D eigenvalue weighted by molar-refractivity contribution is -0.0322. The van der Waals surface area contributed by atoms with Gasteiger partial charge in [-0.1, -0.05) is 0 Å². The molecule has 16 heavy (non-hydrogen) atoms. The molecule has 0 aromatic carbocycles. The second kappa shape index (κ2) is 3.62. The Bertz CT molecular complexity index is 290. The lowest BCUT2D eigenvalue weighted by Gasteiger charge is -2.48. The Morgan fingerprint density at radius 1 is 1.44 bits per heavy atom. The highest BCUT2D eigenvalue weighted by atomic mass is 16.6. The number of amides is 1. The Labute approximate surface area is 97.1 Å². The molecule has 0 bridgehead atoms. The molecule has 2 N–H and O–H groups in total. The molecule has 1 aliphatic carbocycles. The molecule has 92 valence electrons. The van der Waals surface area contributed by atoms with Gasteiger partial charge in [-0.15, -0.1) is 0 Å². The van der Waals surface area contributed by atoms with Crippen molar-refractivity contribution in [3.8, 4) is 0 Å². The van der Waals surface area contributed by atoms with Crippen LogP contribution in [0.2, 0.25) is 0 Å². The van der Waals surface area contributed by atoms with Crippen LogP contribution in [0.1, 0.15) is 40.0 Å². The fourth-order valence-electron chi connectivity index (χ4n) is 2.76. The van der Waals surface area contributed by atoms with E-state index in [0.717, 1.165) is 32.4 Å². The van der Waals surface area contributed by atoms with E-state index < -0.39 is 5.60 Å². The van der Waals surface area contributed by atoms with Crippen LogP contribution < -0.4 is 5.73 Å². The molecule has 2 rings (SSSR count). The minimum atomic E-state index is -0.397. The predicted molar refractivity (Wildman–Crippen MR) is 62.1 cm³/mol. The lowest BCUT2D eigenvalue weighted by atomic mass is 9.78. The second-order valence-corrected chi connectivity index (χ2v) is 6.34. The summed E-state index contributed by atoms with van der Waals surface area (Å²) in [4.78, 5) is 13.5. The van der Waals surface area contributed by atoms with Crippen molar-refractivity contribution in [1.82, 2.24) is 4.90 Å². The van der Waals surface area contributed by atoms with E-state index in [9.17, 15) is 4.79 Å². The molecule has 1 aliphatic heterocycles. The van der Waals surface area contributed by atoms with E-state index in [0.29, 0.717) is 11.5 Å². The van der Waals surface area contributed by atoms with E-state index in [-0.39, 0.29) is 6.09 Å². The zero-order valence-corrected chi connectivity index (χ0v) is 10.5. The monoisotopic (exact) mass is 226 g/mol. The highest BCUT2D eigenvalue weighted by Crippen LogP contribution is 2.45. The average molecular weight is 226 g/mol. The SMILES string of the molecule is CC(C)(C)OC(=O)N1CC2(CC[C@H](N)C2)C1. The Morgan fingerprint density at radius 3 is 2.50 bits per heavy atom. The Kier molecular flexibility index (Phi) is 2.65. The van der Waals surface area contributed by atoms with Crippen LogP contribution in [-0.4, -0.2) is 35.7 Å². The van der Waals surface area contributed by atoms with Crippen molar-refractivity contribution in [1.29, 1.82) is 0 Å². The average Bonchev–Trinajstić information content (AvgIpc) is 2.41. The summed E-state index contributed by atoms with van der Waals surface area (Å²) in [5.74, 6) is 0. The molecule has 0 unspecified atom stereocenters. The summed E-state index contributed by atoms with van der Waals surface area (Å²) < 4.78 is 5.33. The van der Waals surface area contributed by atoms with Crippen molar-refractivity contribution < 1.29 is 9.53 Å². The zero-order valence-electron chi connectivity index (χ0n) is 10.5. The van der Waals surface area contributed by atoms with Crippen molar-refractivity contribution in [2.45, 2.75) is 51.7 Å². The summed E-state index contributed by atoms with van der Waals surface area (Å²) in [6, 6.07) is 0.334. The second-order valence-electron chi connectivity index (χ2n) is 6.34. The van der Waals surface area contributed by atoms with Gasteiger partial charge in [0.05, 0.1) is 0 Å². The highest BCUT2D eigenvalue weighted by molar-refractivity contribution is 5.69. The van der Waals surface area contributed by atoms with Crippen molar-refractivity contribution in [2.24, 2.45) is 11.1 Å².